The molecule has 0 aliphatic rings. The first-order valence-electron chi connectivity index (χ1n) is 6.77. The monoisotopic (exact) mass is 255 g/mol. The molecule has 1 aromatic rings. The lowest BCUT2D eigenvalue weighted by Crippen LogP contribution is -2.23. The SMILES string of the molecule is CC(C)NCCCCCCc1cc(F)ccc1F. The first-order chi connectivity index (χ1) is 8.59. The molecular formula is C15H23F2N. The van der Waals surface area contributed by atoms with Gasteiger partial charge in [-0.05, 0) is 49.6 Å². The van der Waals surface area contributed by atoms with E-state index in [2.05, 4.69) is 19.2 Å². The molecule has 0 unspecified atom stereocenters. The van der Waals surface area contributed by atoms with Crippen LogP contribution in [0.15, 0.2) is 18.2 Å². The summed E-state index contributed by atoms with van der Waals surface area (Å²) in [5, 5.41) is 3.36. The molecule has 0 radical (unpaired) electrons. The minimum atomic E-state index is -0.354. The lowest BCUT2D eigenvalue weighted by atomic mass is 10.1. The van der Waals surface area contributed by atoms with E-state index in [1.807, 2.05) is 0 Å². The van der Waals surface area contributed by atoms with E-state index in [1.54, 1.807) is 0 Å². The van der Waals surface area contributed by atoms with Gasteiger partial charge in [-0.15, -0.1) is 0 Å². The van der Waals surface area contributed by atoms with Gasteiger partial charge in [0.1, 0.15) is 11.6 Å². The number of hydrogen-bond acceptors (Lipinski definition) is 1. The summed E-state index contributed by atoms with van der Waals surface area (Å²) in [4.78, 5) is 0. The highest BCUT2D eigenvalue weighted by atomic mass is 19.1. The van der Waals surface area contributed by atoms with Gasteiger partial charge in [-0.2, -0.15) is 0 Å². The Morgan fingerprint density at radius 2 is 1.78 bits per heavy atom. The van der Waals surface area contributed by atoms with Crippen molar-refractivity contribution in [1.29, 1.82) is 0 Å². The Labute approximate surface area is 109 Å². The van der Waals surface area contributed by atoms with Crippen LogP contribution in [0.4, 0.5) is 8.78 Å². The summed E-state index contributed by atoms with van der Waals surface area (Å²) in [6.45, 7) is 5.30. The van der Waals surface area contributed by atoms with Gasteiger partial charge >= 0.3 is 0 Å². The third kappa shape index (κ3) is 6.10. The highest BCUT2D eigenvalue weighted by Gasteiger charge is 2.03. The number of nitrogens with one attached hydrogen (secondary N) is 1. The van der Waals surface area contributed by atoms with Crippen LogP contribution in [0, 0.1) is 11.6 Å². The number of hydrogen-bond donors (Lipinski definition) is 1. The molecule has 1 nitrogen and oxygen atoms in total. The average Bonchev–Trinajstić information content (AvgIpc) is 2.32. The molecule has 1 rings (SSSR count). The third-order valence-corrected chi connectivity index (χ3v) is 2.93. The molecule has 0 aromatic heterocycles. The molecule has 0 fully saturated rings. The van der Waals surface area contributed by atoms with Crippen LogP contribution in [0.1, 0.15) is 45.1 Å². The van der Waals surface area contributed by atoms with Crippen LogP contribution in [0.3, 0.4) is 0 Å². The van der Waals surface area contributed by atoms with E-state index in [4.69, 9.17) is 0 Å². The normalized spacial score (nSPS) is 11.2. The molecule has 0 saturated heterocycles. The molecule has 1 N–H and O–H groups in total. The highest BCUT2D eigenvalue weighted by Crippen LogP contribution is 2.13. The number of unbranched alkanes of at least 4 members (excludes halogenated alkanes) is 3. The van der Waals surface area contributed by atoms with E-state index in [0.717, 1.165) is 38.3 Å². The zero-order valence-electron chi connectivity index (χ0n) is 11.3. The van der Waals surface area contributed by atoms with E-state index < -0.39 is 0 Å². The van der Waals surface area contributed by atoms with Crippen molar-refractivity contribution in [2.24, 2.45) is 0 Å². The summed E-state index contributed by atoms with van der Waals surface area (Å²) in [5.74, 6) is -0.648. The van der Waals surface area contributed by atoms with Crippen molar-refractivity contribution >= 4 is 0 Å². The average molecular weight is 255 g/mol. The second-order valence-corrected chi connectivity index (χ2v) is 5.01. The quantitative estimate of drug-likeness (QED) is 0.691. The Bertz CT molecular complexity index is 350. The summed E-state index contributed by atoms with van der Waals surface area (Å²) >= 11 is 0. The summed E-state index contributed by atoms with van der Waals surface area (Å²) in [5.41, 5.74) is 0.496. The fourth-order valence-electron chi connectivity index (χ4n) is 1.92. The number of halogens is 2. The van der Waals surface area contributed by atoms with Crippen molar-refractivity contribution in [3.05, 3.63) is 35.4 Å². The molecule has 0 bridgehead atoms. The maximum atomic E-state index is 13.3. The van der Waals surface area contributed by atoms with Crippen molar-refractivity contribution < 1.29 is 8.78 Å². The molecule has 0 aliphatic heterocycles. The standard InChI is InChI=1S/C15H23F2N/c1-12(2)18-10-6-4-3-5-7-13-11-14(16)8-9-15(13)17/h8-9,11-12,18H,3-7,10H2,1-2H3. The summed E-state index contributed by atoms with van der Waals surface area (Å²) in [6.07, 6.45) is 4.89. The lowest BCUT2D eigenvalue weighted by molar-refractivity contribution is 0.536. The maximum Gasteiger partial charge on any atom is 0.126 e. The van der Waals surface area contributed by atoms with Crippen molar-refractivity contribution in [2.75, 3.05) is 6.54 Å². The third-order valence-electron chi connectivity index (χ3n) is 2.93. The van der Waals surface area contributed by atoms with Gasteiger partial charge in [0.15, 0.2) is 0 Å². The maximum absolute atomic E-state index is 13.3. The van der Waals surface area contributed by atoms with Gasteiger partial charge in [0.05, 0.1) is 0 Å². The predicted octanol–water partition coefficient (Wildman–Crippen LogP) is 4.07. The van der Waals surface area contributed by atoms with Gasteiger partial charge in [-0.1, -0.05) is 26.7 Å². The van der Waals surface area contributed by atoms with Gasteiger partial charge < -0.3 is 5.32 Å². The molecule has 1 aromatic carbocycles. The topological polar surface area (TPSA) is 12.0 Å². The van der Waals surface area contributed by atoms with E-state index in [-0.39, 0.29) is 11.6 Å². The van der Waals surface area contributed by atoms with Crippen LogP contribution in [0.5, 0.6) is 0 Å². The second kappa shape index (κ2) is 8.20. The lowest BCUT2D eigenvalue weighted by Gasteiger charge is -2.07. The molecule has 0 aliphatic carbocycles. The first kappa shape index (κ1) is 15.1. The molecule has 0 saturated carbocycles. The molecule has 0 amide bonds. The van der Waals surface area contributed by atoms with Gasteiger partial charge in [-0.3, -0.25) is 0 Å². The highest BCUT2D eigenvalue weighted by molar-refractivity contribution is 5.18. The second-order valence-electron chi connectivity index (χ2n) is 5.01. The molecule has 102 valence electrons. The van der Waals surface area contributed by atoms with Crippen LogP contribution in [-0.4, -0.2) is 12.6 Å². The summed E-state index contributed by atoms with van der Waals surface area (Å²) < 4.78 is 26.2. The van der Waals surface area contributed by atoms with Gasteiger partial charge in [-0.25, -0.2) is 8.78 Å². The predicted molar refractivity (Wildman–Crippen MR) is 71.7 cm³/mol. The molecule has 0 spiro atoms. The molecule has 0 atom stereocenters. The summed E-state index contributed by atoms with van der Waals surface area (Å²) in [6, 6.07) is 4.20. The van der Waals surface area contributed by atoms with E-state index >= 15 is 0 Å². The van der Waals surface area contributed by atoms with Crippen LogP contribution in [-0.2, 0) is 6.42 Å². The van der Waals surface area contributed by atoms with Crippen LogP contribution in [0.25, 0.3) is 0 Å². The Kier molecular flexibility index (Phi) is 6.88. The zero-order valence-corrected chi connectivity index (χ0v) is 11.3. The number of benzene rings is 1. The van der Waals surface area contributed by atoms with Crippen molar-refractivity contribution in [3.8, 4) is 0 Å². The smallest absolute Gasteiger partial charge is 0.126 e. The van der Waals surface area contributed by atoms with Crippen LogP contribution in [0.2, 0.25) is 0 Å². The first-order valence-corrected chi connectivity index (χ1v) is 6.77. The van der Waals surface area contributed by atoms with E-state index in [9.17, 15) is 8.78 Å². The Hall–Kier alpha value is -0.960. The zero-order chi connectivity index (χ0) is 13.4. The molecule has 3 heteroatoms. The molecule has 18 heavy (non-hydrogen) atoms. The van der Waals surface area contributed by atoms with Gasteiger partial charge in [0, 0.05) is 6.04 Å². The largest absolute Gasteiger partial charge is 0.315 e. The van der Waals surface area contributed by atoms with Gasteiger partial charge in [0.25, 0.3) is 0 Å². The Balaban J connectivity index is 2.12. The van der Waals surface area contributed by atoms with E-state index in [1.165, 1.54) is 12.1 Å². The van der Waals surface area contributed by atoms with E-state index in [0.29, 0.717) is 18.0 Å². The molecular weight excluding hydrogens is 232 g/mol. The van der Waals surface area contributed by atoms with Crippen LogP contribution < -0.4 is 5.32 Å². The molecule has 0 heterocycles. The van der Waals surface area contributed by atoms with Crippen LogP contribution >= 0.6 is 0 Å². The Morgan fingerprint density at radius 1 is 1.06 bits per heavy atom. The van der Waals surface area contributed by atoms with Crippen molar-refractivity contribution in [2.45, 2.75) is 52.0 Å². The Morgan fingerprint density at radius 3 is 2.50 bits per heavy atom. The fourth-order valence-corrected chi connectivity index (χ4v) is 1.92. The van der Waals surface area contributed by atoms with Crippen molar-refractivity contribution in [3.63, 3.8) is 0 Å². The number of aryl methyl sites for hydroxylation is 1. The summed E-state index contributed by atoms with van der Waals surface area (Å²) in [7, 11) is 0. The van der Waals surface area contributed by atoms with Gasteiger partial charge in [0.2, 0.25) is 0 Å². The number of rotatable bonds is 8. The van der Waals surface area contributed by atoms with Crippen molar-refractivity contribution in [1.82, 2.24) is 5.32 Å². The fraction of sp³-hybridized carbons (Fsp3) is 0.600. The minimum absolute atomic E-state index is 0.294. The minimum Gasteiger partial charge on any atom is -0.315 e.